The Balaban J connectivity index is -0.000000484. The van der Waals surface area contributed by atoms with E-state index in [4.69, 9.17) is 9.29 Å². The van der Waals surface area contributed by atoms with Crippen molar-refractivity contribution in [2.24, 2.45) is 0 Å². The minimum atomic E-state index is -4.55. The van der Waals surface area contributed by atoms with Crippen LogP contribution in [0.4, 0.5) is 0 Å². The number of hydrogen-bond acceptors (Lipinski definition) is 17. The minimum Gasteiger partial charge on any atom is -0.748 e. The first-order chi connectivity index (χ1) is 17.4. The van der Waals surface area contributed by atoms with Gasteiger partial charge in [-0.15, -0.1) is 0 Å². The first-order valence-electron chi connectivity index (χ1n) is 10.4. The van der Waals surface area contributed by atoms with Gasteiger partial charge in [0.25, 0.3) is 10.1 Å². The van der Waals surface area contributed by atoms with Crippen LogP contribution in [0.15, 0.2) is 0 Å². The lowest BCUT2D eigenvalue weighted by Gasteiger charge is -2.07. The van der Waals surface area contributed by atoms with Crippen molar-refractivity contribution in [3.05, 3.63) is 0 Å². The Hall–Kier alpha value is -1.98. The predicted octanol–water partition coefficient (Wildman–Crippen LogP) is -2.02. The van der Waals surface area contributed by atoms with Crippen molar-refractivity contribution in [2.45, 2.75) is 27.2 Å². The molecule has 0 amide bonds. The Labute approximate surface area is 221 Å². The average molecular weight is 621 g/mol. The molecule has 0 aliphatic heterocycles. The van der Waals surface area contributed by atoms with E-state index in [-0.39, 0.29) is 33.4 Å². The molecule has 1 N–H and O–H groups in total. The van der Waals surface area contributed by atoms with Crippen LogP contribution in [0.25, 0.3) is 0 Å². The van der Waals surface area contributed by atoms with Gasteiger partial charge in [-0.05, 0) is 20.3 Å². The number of carbonyl (C=O) groups is 3. The molecule has 0 rings (SSSR count). The Morgan fingerprint density at radius 2 is 1.18 bits per heavy atom. The van der Waals surface area contributed by atoms with Gasteiger partial charge in [-0.2, -0.15) is 8.42 Å². The number of rotatable bonds is 17. The molecule has 0 aromatic rings. The predicted molar refractivity (Wildman–Crippen MR) is 123 cm³/mol. The molecule has 0 bridgehead atoms. The summed E-state index contributed by atoms with van der Waals surface area (Å²) in [6, 6.07) is 0. The molecule has 0 spiro atoms. The van der Waals surface area contributed by atoms with E-state index in [1.165, 1.54) is 0 Å². The highest BCUT2D eigenvalue weighted by Crippen LogP contribution is 1.89. The third kappa shape index (κ3) is 41.2. The van der Waals surface area contributed by atoms with E-state index >= 15 is 0 Å². The molecule has 228 valence electrons. The van der Waals surface area contributed by atoms with Gasteiger partial charge in [-0.25, -0.2) is 21.6 Å². The highest BCUT2D eigenvalue weighted by Gasteiger charge is 2.13. The summed E-state index contributed by atoms with van der Waals surface area (Å²) in [5, 5.41) is 0. The van der Waals surface area contributed by atoms with E-state index in [1.807, 2.05) is 6.92 Å². The van der Waals surface area contributed by atoms with Crippen molar-refractivity contribution in [3.8, 4) is 0 Å². The second kappa shape index (κ2) is 23.0. The molecule has 0 aliphatic carbocycles. The van der Waals surface area contributed by atoms with Crippen LogP contribution in [-0.4, -0.2) is 121 Å². The van der Waals surface area contributed by atoms with Crippen LogP contribution in [-0.2, 0) is 73.2 Å². The molecular weight excluding hydrogens is 588 g/mol. The van der Waals surface area contributed by atoms with Crippen molar-refractivity contribution in [2.75, 3.05) is 63.9 Å². The summed E-state index contributed by atoms with van der Waals surface area (Å²) in [5.74, 6) is -5.53. The van der Waals surface area contributed by atoms with E-state index in [9.17, 15) is 48.7 Å². The molecule has 18 nitrogen and oxygen atoms in total. The number of ether oxygens (including phenoxy) is 6. The first-order valence-corrected chi connectivity index (χ1v) is 15.2. The summed E-state index contributed by atoms with van der Waals surface area (Å²) < 4.78 is 116. The smallest absolute Gasteiger partial charge is 0.332 e. The standard InChI is InChI=1S/2C6H12O6S.C5H10O6S/c1-2-12-6(7)5-11-3-4-13(8,9)10;1-2-3-11-5-12-6(7)4-13(8,9)10;1-2-10-4-11-5(6)3-12(7,8)9/h2*2-5H2,1H3,(H,8,9,10);2-4H2,1H3,(H,7,8,9)/p-2. The van der Waals surface area contributed by atoms with Crippen LogP contribution in [0, 0.1) is 0 Å². The van der Waals surface area contributed by atoms with E-state index in [2.05, 4.69) is 23.7 Å². The molecule has 0 atom stereocenters. The lowest BCUT2D eigenvalue weighted by molar-refractivity contribution is -0.154. The molecule has 0 aromatic heterocycles. The normalized spacial score (nSPS) is 11.2. The van der Waals surface area contributed by atoms with Crippen LogP contribution in [0.5, 0.6) is 0 Å². The van der Waals surface area contributed by atoms with Crippen LogP contribution < -0.4 is 0 Å². The lowest BCUT2D eigenvalue weighted by atomic mass is 10.5. The molecule has 0 heterocycles. The first kappa shape index (κ1) is 40.5. The van der Waals surface area contributed by atoms with Gasteiger partial charge in [0.15, 0.2) is 19.3 Å². The molecule has 38 heavy (non-hydrogen) atoms. The molecule has 0 saturated heterocycles. The van der Waals surface area contributed by atoms with Gasteiger partial charge >= 0.3 is 17.9 Å². The fraction of sp³-hybridized carbons (Fsp3) is 0.824. The Bertz CT molecular complexity index is 972. The third-order valence-corrected chi connectivity index (χ3v) is 4.61. The van der Waals surface area contributed by atoms with E-state index in [1.54, 1.807) is 13.8 Å². The molecule has 21 heteroatoms. The third-order valence-electron chi connectivity index (χ3n) is 2.76. The van der Waals surface area contributed by atoms with E-state index in [0.29, 0.717) is 13.2 Å². The van der Waals surface area contributed by atoms with Crippen LogP contribution in [0.2, 0.25) is 0 Å². The highest BCUT2D eigenvalue weighted by molar-refractivity contribution is 7.86. The maximum atomic E-state index is 10.6. The minimum absolute atomic E-state index is 0.238. The van der Waals surface area contributed by atoms with E-state index in [0.717, 1.165) is 6.42 Å². The fourth-order valence-electron chi connectivity index (χ4n) is 1.40. The van der Waals surface area contributed by atoms with Crippen molar-refractivity contribution < 1.29 is 81.7 Å². The van der Waals surface area contributed by atoms with Crippen molar-refractivity contribution in [1.82, 2.24) is 0 Å². The van der Waals surface area contributed by atoms with Gasteiger partial charge in [-0.1, -0.05) is 6.92 Å². The largest absolute Gasteiger partial charge is 0.748 e. The molecule has 0 radical (unpaired) electrons. The Morgan fingerprint density at radius 1 is 0.658 bits per heavy atom. The number of hydrogen-bond donors (Lipinski definition) is 1. The van der Waals surface area contributed by atoms with Gasteiger partial charge in [0.1, 0.15) is 22.5 Å². The van der Waals surface area contributed by atoms with Gasteiger partial charge in [-0.3, -0.25) is 14.1 Å². The second-order valence-electron chi connectivity index (χ2n) is 6.22. The summed E-state index contributed by atoms with van der Waals surface area (Å²) >= 11 is 0. The molecule has 0 fully saturated rings. The average Bonchev–Trinajstić information content (AvgIpc) is 2.73. The fourth-order valence-corrected chi connectivity index (χ4v) is 2.47. The molecule has 0 aromatic carbocycles. The molecule has 0 saturated carbocycles. The molecule has 0 aliphatic rings. The topological polar surface area (TPSA) is 275 Å². The number of esters is 3. The van der Waals surface area contributed by atoms with Crippen molar-refractivity contribution in [1.29, 1.82) is 0 Å². The van der Waals surface area contributed by atoms with Gasteiger partial charge in [0.2, 0.25) is 0 Å². The molecule has 0 unspecified atom stereocenters. The highest BCUT2D eigenvalue weighted by atomic mass is 32.2. The zero-order chi connectivity index (χ0) is 30.3. The van der Waals surface area contributed by atoms with Crippen LogP contribution in [0.1, 0.15) is 27.2 Å². The van der Waals surface area contributed by atoms with Crippen LogP contribution in [0.3, 0.4) is 0 Å². The lowest BCUT2D eigenvalue weighted by Crippen LogP contribution is -2.19. The second-order valence-corrected chi connectivity index (χ2v) is 10.6. The van der Waals surface area contributed by atoms with Crippen molar-refractivity contribution >= 4 is 48.3 Å². The summed E-state index contributed by atoms with van der Waals surface area (Å²) in [6.45, 7) is 4.97. The number of carbonyl (C=O) groups excluding carboxylic acids is 3. The van der Waals surface area contributed by atoms with Crippen LogP contribution >= 0.6 is 0 Å². The monoisotopic (exact) mass is 620 g/mol. The van der Waals surface area contributed by atoms with Gasteiger partial charge in [0, 0.05) is 6.61 Å². The SMILES string of the molecule is CCCOCOC(=O)CS(=O)(=O)[O-].CCOC(=O)COCCS(=O)(=O)[O-].CCOCOC(=O)CS(=O)(=O)O. The summed E-state index contributed by atoms with van der Waals surface area (Å²) in [5.41, 5.74) is 0. The Kier molecular flexibility index (Phi) is 24.5. The summed E-state index contributed by atoms with van der Waals surface area (Å²) in [4.78, 5) is 31.6. The van der Waals surface area contributed by atoms with Gasteiger partial charge < -0.3 is 37.5 Å². The maximum absolute atomic E-state index is 10.6. The quantitative estimate of drug-likeness (QED) is 0.0603. The summed E-state index contributed by atoms with van der Waals surface area (Å²) in [6.07, 6.45) is 0.761. The summed E-state index contributed by atoms with van der Waals surface area (Å²) in [7, 11) is -13.1. The van der Waals surface area contributed by atoms with Crippen molar-refractivity contribution in [3.63, 3.8) is 0 Å². The zero-order valence-electron chi connectivity index (χ0n) is 20.9. The van der Waals surface area contributed by atoms with Gasteiger partial charge in [0.05, 0.1) is 35.7 Å². The van der Waals surface area contributed by atoms with E-state index < -0.39 is 65.5 Å². The zero-order valence-corrected chi connectivity index (χ0v) is 23.3. The Morgan fingerprint density at radius 3 is 1.61 bits per heavy atom. The maximum Gasteiger partial charge on any atom is 0.332 e. The molecular formula is C17H32O18S3-2.